The molecule has 1 amide bonds. The number of amides is 1. The Morgan fingerprint density at radius 3 is 2.79 bits per heavy atom. The molecular formula is C21H23N7O. The molecule has 5 rings (SSSR count). The maximum atomic E-state index is 13.0. The van der Waals surface area contributed by atoms with Gasteiger partial charge in [0.15, 0.2) is 5.82 Å². The lowest BCUT2D eigenvalue weighted by molar-refractivity contribution is 0.0733. The van der Waals surface area contributed by atoms with Gasteiger partial charge in [-0.2, -0.15) is 5.10 Å². The third-order valence-electron chi connectivity index (χ3n) is 5.35. The van der Waals surface area contributed by atoms with E-state index in [1.54, 1.807) is 23.3 Å². The minimum absolute atomic E-state index is 0.000517. The van der Waals surface area contributed by atoms with Crippen molar-refractivity contribution in [1.82, 2.24) is 29.6 Å². The first-order chi connectivity index (χ1) is 14.1. The Labute approximate surface area is 169 Å². The van der Waals surface area contributed by atoms with Gasteiger partial charge >= 0.3 is 0 Å². The van der Waals surface area contributed by atoms with E-state index in [2.05, 4.69) is 15.4 Å². The summed E-state index contributed by atoms with van der Waals surface area (Å²) in [4.78, 5) is 28.7. The maximum absolute atomic E-state index is 13.0. The molecule has 1 aliphatic carbocycles. The Morgan fingerprint density at radius 1 is 1.21 bits per heavy atom. The SMILES string of the molecule is Cc1cncc(C(=O)N2CCc3nc(-c4cnn(C)c4)nc(NC4CC4)c3C2)c1. The Hall–Kier alpha value is -3.29. The molecule has 1 N–H and O–H groups in total. The third kappa shape index (κ3) is 3.57. The lowest BCUT2D eigenvalue weighted by Gasteiger charge is -2.30. The molecule has 0 atom stereocenters. The highest BCUT2D eigenvalue weighted by molar-refractivity contribution is 5.94. The summed E-state index contributed by atoms with van der Waals surface area (Å²) in [6.07, 6.45) is 10.1. The number of nitrogens with one attached hydrogen (secondary N) is 1. The zero-order valence-electron chi connectivity index (χ0n) is 16.6. The summed E-state index contributed by atoms with van der Waals surface area (Å²) >= 11 is 0. The fourth-order valence-corrected chi connectivity index (χ4v) is 3.65. The molecule has 3 aromatic rings. The van der Waals surface area contributed by atoms with Gasteiger partial charge in [0, 0.05) is 50.2 Å². The third-order valence-corrected chi connectivity index (χ3v) is 5.35. The number of carbonyl (C=O) groups is 1. The zero-order chi connectivity index (χ0) is 20.0. The minimum atomic E-state index is 0.000517. The molecule has 2 aliphatic rings. The molecule has 0 spiro atoms. The Kier molecular flexibility index (Phi) is 4.26. The van der Waals surface area contributed by atoms with E-state index in [4.69, 9.17) is 9.97 Å². The smallest absolute Gasteiger partial charge is 0.255 e. The van der Waals surface area contributed by atoms with Gasteiger partial charge in [-0.05, 0) is 31.4 Å². The van der Waals surface area contributed by atoms with Crippen molar-refractivity contribution in [1.29, 1.82) is 0 Å². The quantitative estimate of drug-likeness (QED) is 0.737. The van der Waals surface area contributed by atoms with E-state index in [0.29, 0.717) is 36.9 Å². The van der Waals surface area contributed by atoms with E-state index in [-0.39, 0.29) is 5.91 Å². The number of pyridine rings is 1. The number of hydrogen-bond donors (Lipinski definition) is 1. The highest BCUT2D eigenvalue weighted by Crippen LogP contribution is 2.31. The maximum Gasteiger partial charge on any atom is 0.255 e. The lowest BCUT2D eigenvalue weighted by Crippen LogP contribution is -2.37. The first-order valence-corrected chi connectivity index (χ1v) is 9.93. The second-order valence-electron chi connectivity index (χ2n) is 7.87. The van der Waals surface area contributed by atoms with E-state index >= 15 is 0 Å². The number of aryl methyl sites for hydroxylation is 2. The second-order valence-corrected chi connectivity index (χ2v) is 7.87. The summed E-state index contributed by atoms with van der Waals surface area (Å²) in [6.45, 7) is 3.08. The normalized spacial score (nSPS) is 15.9. The van der Waals surface area contributed by atoms with Crippen LogP contribution in [0.4, 0.5) is 5.82 Å². The van der Waals surface area contributed by atoms with Crippen molar-refractivity contribution in [2.45, 2.75) is 38.8 Å². The van der Waals surface area contributed by atoms with Gasteiger partial charge in [0.1, 0.15) is 5.82 Å². The van der Waals surface area contributed by atoms with E-state index in [1.165, 1.54) is 0 Å². The van der Waals surface area contributed by atoms with E-state index in [0.717, 1.165) is 41.0 Å². The molecule has 8 nitrogen and oxygen atoms in total. The van der Waals surface area contributed by atoms with Crippen LogP contribution < -0.4 is 5.32 Å². The minimum Gasteiger partial charge on any atom is -0.367 e. The molecule has 0 radical (unpaired) electrons. The van der Waals surface area contributed by atoms with E-state index in [1.807, 2.05) is 31.1 Å². The van der Waals surface area contributed by atoms with Crippen LogP contribution >= 0.6 is 0 Å². The molecule has 3 aromatic heterocycles. The van der Waals surface area contributed by atoms with Crippen LogP contribution in [0, 0.1) is 6.92 Å². The Morgan fingerprint density at radius 2 is 2.07 bits per heavy atom. The predicted octanol–water partition coefficient (Wildman–Crippen LogP) is 2.35. The van der Waals surface area contributed by atoms with Crippen LogP contribution in [0.1, 0.15) is 40.0 Å². The van der Waals surface area contributed by atoms with Crippen molar-refractivity contribution in [2.24, 2.45) is 7.05 Å². The first kappa shape index (κ1) is 17.8. The largest absolute Gasteiger partial charge is 0.367 e. The van der Waals surface area contributed by atoms with Gasteiger partial charge in [0.25, 0.3) is 5.91 Å². The molecule has 0 unspecified atom stereocenters. The molecule has 0 bridgehead atoms. The summed E-state index contributed by atoms with van der Waals surface area (Å²) in [7, 11) is 1.88. The molecule has 148 valence electrons. The highest BCUT2D eigenvalue weighted by atomic mass is 16.2. The van der Waals surface area contributed by atoms with E-state index in [9.17, 15) is 4.79 Å². The van der Waals surface area contributed by atoms with Crippen molar-refractivity contribution < 1.29 is 4.79 Å². The van der Waals surface area contributed by atoms with Crippen LogP contribution in [0.15, 0.2) is 30.9 Å². The zero-order valence-corrected chi connectivity index (χ0v) is 16.6. The number of aromatic nitrogens is 5. The monoisotopic (exact) mass is 389 g/mol. The number of anilines is 1. The topological polar surface area (TPSA) is 88.8 Å². The first-order valence-electron chi connectivity index (χ1n) is 9.93. The predicted molar refractivity (Wildman–Crippen MR) is 108 cm³/mol. The van der Waals surface area contributed by atoms with Crippen LogP contribution in [-0.4, -0.2) is 48.1 Å². The summed E-state index contributed by atoms with van der Waals surface area (Å²) in [5, 5.41) is 7.78. The summed E-state index contributed by atoms with van der Waals surface area (Å²) in [5.41, 5.74) is 4.53. The fourth-order valence-electron chi connectivity index (χ4n) is 3.65. The average molecular weight is 389 g/mol. The van der Waals surface area contributed by atoms with Crippen molar-refractivity contribution >= 4 is 11.7 Å². The van der Waals surface area contributed by atoms with Gasteiger partial charge in [0.05, 0.1) is 29.6 Å². The lowest BCUT2D eigenvalue weighted by atomic mass is 10.0. The Balaban J connectivity index is 1.48. The van der Waals surface area contributed by atoms with Gasteiger partial charge < -0.3 is 10.2 Å². The summed E-state index contributed by atoms with van der Waals surface area (Å²) < 4.78 is 1.75. The number of rotatable bonds is 4. The number of carbonyl (C=O) groups excluding carboxylic acids is 1. The standard InChI is InChI=1S/C21H23N7O/c1-13-7-14(9-22-8-13)21(29)28-6-5-18-17(12-28)20(24-16-3-4-16)26-19(25-18)15-10-23-27(2)11-15/h7-11,16H,3-6,12H2,1-2H3,(H,24,25,26). The van der Waals surface area contributed by atoms with Crippen molar-refractivity contribution in [2.75, 3.05) is 11.9 Å². The van der Waals surface area contributed by atoms with Crippen LogP contribution in [0.25, 0.3) is 11.4 Å². The molecule has 1 aliphatic heterocycles. The van der Waals surface area contributed by atoms with E-state index < -0.39 is 0 Å². The summed E-state index contributed by atoms with van der Waals surface area (Å²) in [6, 6.07) is 2.35. The molecule has 8 heteroatoms. The highest BCUT2D eigenvalue weighted by Gasteiger charge is 2.29. The number of hydrogen-bond acceptors (Lipinski definition) is 6. The molecule has 29 heavy (non-hydrogen) atoms. The van der Waals surface area contributed by atoms with Crippen molar-refractivity contribution in [3.63, 3.8) is 0 Å². The fraction of sp³-hybridized carbons (Fsp3) is 0.381. The average Bonchev–Trinajstić information content (AvgIpc) is 3.44. The molecule has 0 aromatic carbocycles. The summed E-state index contributed by atoms with van der Waals surface area (Å²) in [5.74, 6) is 1.53. The molecule has 4 heterocycles. The number of fused-ring (bicyclic) bond motifs is 1. The van der Waals surface area contributed by atoms with Crippen molar-refractivity contribution in [3.05, 3.63) is 53.2 Å². The van der Waals surface area contributed by atoms with Gasteiger partial charge in [-0.3, -0.25) is 14.5 Å². The van der Waals surface area contributed by atoms with Crippen LogP contribution in [0.2, 0.25) is 0 Å². The van der Waals surface area contributed by atoms with Crippen LogP contribution in [-0.2, 0) is 20.0 Å². The van der Waals surface area contributed by atoms with Gasteiger partial charge in [0.2, 0.25) is 0 Å². The molecule has 1 fully saturated rings. The van der Waals surface area contributed by atoms with Gasteiger partial charge in [-0.1, -0.05) is 0 Å². The van der Waals surface area contributed by atoms with Crippen LogP contribution in [0.5, 0.6) is 0 Å². The second kappa shape index (κ2) is 6.95. The van der Waals surface area contributed by atoms with Crippen LogP contribution in [0.3, 0.4) is 0 Å². The van der Waals surface area contributed by atoms with Gasteiger partial charge in [-0.25, -0.2) is 9.97 Å². The molecular weight excluding hydrogens is 366 g/mol. The number of nitrogens with zero attached hydrogens (tertiary/aromatic N) is 6. The molecule has 0 saturated heterocycles. The van der Waals surface area contributed by atoms with Gasteiger partial charge in [-0.15, -0.1) is 0 Å². The van der Waals surface area contributed by atoms with Crippen molar-refractivity contribution in [3.8, 4) is 11.4 Å². The molecule has 1 saturated carbocycles. The Bertz CT molecular complexity index is 1090.